The fourth-order valence-electron chi connectivity index (χ4n) is 3.33. The monoisotopic (exact) mass is 526 g/mol. The number of hydrogen-bond acceptors (Lipinski definition) is 8. The predicted molar refractivity (Wildman–Crippen MR) is 138 cm³/mol. The van der Waals surface area contributed by atoms with Crippen molar-refractivity contribution in [3.05, 3.63) is 99.7 Å². The number of hydrogen-bond donors (Lipinski definition) is 1. The van der Waals surface area contributed by atoms with E-state index < -0.39 is 10.0 Å². The van der Waals surface area contributed by atoms with E-state index in [4.69, 9.17) is 0 Å². The van der Waals surface area contributed by atoms with Gasteiger partial charge in [0, 0.05) is 5.75 Å². The zero-order valence-electron chi connectivity index (χ0n) is 17.6. The van der Waals surface area contributed by atoms with Crippen LogP contribution in [0.1, 0.15) is 11.1 Å². The van der Waals surface area contributed by atoms with Gasteiger partial charge >= 0.3 is 4.87 Å². The van der Waals surface area contributed by atoms with Crippen molar-refractivity contribution in [2.24, 2.45) is 0 Å². The van der Waals surface area contributed by atoms with Crippen molar-refractivity contribution in [3.63, 3.8) is 0 Å². The van der Waals surface area contributed by atoms with Crippen LogP contribution in [-0.4, -0.2) is 23.2 Å². The molecule has 0 radical (unpaired) electrons. The number of thioether (sulfide) groups is 1. The van der Waals surface area contributed by atoms with Crippen molar-refractivity contribution in [1.29, 1.82) is 0 Å². The SMILES string of the molecule is O=c1sc2cc(S(=O)(=O)Nc3nnc(SCc4ccccc4)s3)ccc2n1Cc1ccccc1. The summed E-state index contributed by atoms with van der Waals surface area (Å²) in [6, 6.07) is 24.3. The Morgan fingerprint density at radius 2 is 1.59 bits per heavy atom. The van der Waals surface area contributed by atoms with Gasteiger partial charge in [0.2, 0.25) is 5.13 Å². The fraction of sp³-hybridized carbons (Fsp3) is 0.0870. The van der Waals surface area contributed by atoms with E-state index >= 15 is 0 Å². The van der Waals surface area contributed by atoms with Crippen LogP contribution < -0.4 is 9.60 Å². The highest BCUT2D eigenvalue weighted by Crippen LogP contribution is 2.30. The summed E-state index contributed by atoms with van der Waals surface area (Å²) < 4.78 is 31.4. The number of nitrogens with zero attached hydrogens (tertiary/aromatic N) is 3. The van der Waals surface area contributed by atoms with Crippen molar-refractivity contribution in [3.8, 4) is 0 Å². The third kappa shape index (κ3) is 5.07. The van der Waals surface area contributed by atoms with Crippen LogP contribution in [0, 0.1) is 0 Å². The standard InChI is InChI=1S/C23H18N4O3S4/c28-23-27(14-16-7-3-1-4-8-16)19-12-11-18(13-20(19)32-23)34(29,30)26-21-24-25-22(33-21)31-15-17-9-5-2-6-10-17/h1-13H,14-15H2,(H,24,26). The molecular formula is C23H18N4O3S4. The third-order valence-corrected chi connectivity index (χ3v) is 9.42. The summed E-state index contributed by atoms with van der Waals surface area (Å²) >= 11 is 3.71. The number of sulfonamides is 1. The molecule has 34 heavy (non-hydrogen) atoms. The van der Waals surface area contributed by atoms with E-state index in [0.717, 1.165) is 28.2 Å². The first-order valence-corrected chi connectivity index (χ1v) is 14.3. The van der Waals surface area contributed by atoms with Gasteiger partial charge in [-0.25, -0.2) is 8.42 Å². The number of rotatable bonds is 8. The average molecular weight is 527 g/mol. The lowest BCUT2D eigenvalue weighted by Crippen LogP contribution is -2.14. The molecule has 5 rings (SSSR count). The van der Waals surface area contributed by atoms with Gasteiger partial charge in [0.15, 0.2) is 4.34 Å². The second-order valence-corrected chi connectivity index (χ2v) is 12.2. The molecule has 172 valence electrons. The minimum atomic E-state index is -3.88. The molecule has 7 nitrogen and oxygen atoms in total. The molecule has 0 bridgehead atoms. The topological polar surface area (TPSA) is 93.9 Å². The number of aromatic nitrogens is 3. The quantitative estimate of drug-likeness (QED) is 0.284. The van der Waals surface area contributed by atoms with Crippen molar-refractivity contribution < 1.29 is 8.42 Å². The molecule has 3 aromatic carbocycles. The molecule has 0 saturated carbocycles. The molecule has 0 spiro atoms. The maximum absolute atomic E-state index is 13.0. The molecule has 2 heterocycles. The molecule has 0 aliphatic carbocycles. The first-order chi connectivity index (χ1) is 16.5. The van der Waals surface area contributed by atoms with Gasteiger partial charge in [0.05, 0.1) is 21.7 Å². The molecule has 11 heteroatoms. The van der Waals surface area contributed by atoms with Crippen molar-refractivity contribution in [1.82, 2.24) is 14.8 Å². The largest absolute Gasteiger partial charge is 0.308 e. The zero-order valence-corrected chi connectivity index (χ0v) is 20.9. The lowest BCUT2D eigenvalue weighted by atomic mass is 10.2. The van der Waals surface area contributed by atoms with Gasteiger partial charge in [-0.2, -0.15) is 0 Å². The van der Waals surface area contributed by atoms with Gasteiger partial charge in [-0.05, 0) is 29.3 Å². The lowest BCUT2D eigenvalue weighted by molar-refractivity contribution is 0.601. The molecular weight excluding hydrogens is 509 g/mol. The Kier molecular flexibility index (Phi) is 6.50. The van der Waals surface area contributed by atoms with Crippen LogP contribution in [0.15, 0.2) is 92.9 Å². The lowest BCUT2D eigenvalue weighted by Gasteiger charge is -2.06. The van der Waals surface area contributed by atoms with Gasteiger partial charge in [-0.1, -0.05) is 95.1 Å². The van der Waals surface area contributed by atoms with Crippen molar-refractivity contribution in [2.45, 2.75) is 21.5 Å². The Bertz CT molecular complexity index is 1590. The van der Waals surface area contributed by atoms with Crippen LogP contribution >= 0.6 is 34.4 Å². The second kappa shape index (κ2) is 9.71. The van der Waals surface area contributed by atoms with E-state index in [9.17, 15) is 13.2 Å². The Morgan fingerprint density at radius 3 is 2.32 bits per heavy atom. The summed E-state index contributed by atoms with van der Waals surface area (Å²) in [7, 11) is -3.88. The van der Waals surface area contributed by atoms with E-state index in [2.05, 4.69) is 14.9 Å². The molecule has 1 N–H and O–H groups in total. The molecule has 2 aromatic heterocycles. The first-order valence-electron chi connectivity index (χ1n) is 10.2. The second-order valence-electron chi connectivity index (χ2n) is 7.32. The van der Waals surface area contributed by atoms with Gasteiger partial charge < -0.3 is 0 Å². The van der Waals surface area contributed by atoms with Gasteiger partial charge in [-0.3, -0.25) is 14.1 Å². The van der Waals surface area contributed by atoms with Crippen LogP contribution in [0.25, 0.3) is 10.2 Å². The molecule has 0 unspecified atom stereocenters. The highest BCUT2D eigenvalue weighted by molar-refractivity contribution is 8.00. The molecule has 0 atom stereocenters. The fourth-order valence-corrected chi connectivity index (χ4v) is 7.30. The van der Waals surface area contributed by atoms with Gasteiger partial charge in [0.1, 0.15) is 0 Å². The summed E-state index contributed by atoms with van der Waals surface area (Å²) in [5.74, 6) is 0.720. The highest BCUT2D eigenvalue weighted by Gasteiger charge is 2.19. The number of nitrogens with one attached hydrogen (secondary N) is 1. The average Bonchev–Trinajstić information content (AvgIpc) is 3.41. The zero-order chi connectivity index (χ0) is 23.5. The maximum atomic E-state index is 13.0. The normalized spacial score (nSPS) is 11.6. The Labute approximate surface area is 208 Å². The molecule has 0 aliphatic heterocycles. The Hall–Kier alpha value is -2.99. The first kappa shape index (κ1) is 22.8. The Morgan fingerprint density at radius 1 is 0.882 bits per heavy atom. The van der Waals surface area contributed by atoms with Crippen molar-refractivity contribution in [2.75, 3.05) is 4.72 Å². The van der Waals surface area contributed by atoms with E-state index in [-0.39, 0.29) is 14.9 Å². The summed E-state index contributed by atoms with van der Waals surface area (Å²) in [6.45, 7) is 0.429. The molecule has 5 aromatic rings. The maximum Gasteiger partial charge on any atom is 0.308 e. The summed E-state index contributed by atoms with van der Waals surface area (Å²) in [4.78, 5) is 12.5. The smallest absolute Gasteiger partial charge is 0.294 e. The molecule has 0 aliphatic rings. The van der Waals surface area contributed by atoms with Crippen LogP contribution in [0.5, 0.6) is 0 Å². The summed E-state index contributed by atoms with van der Waals surface area (Å²) in [6.07, 6.45) is 0. The van der Waals surface area contributed by atoms with Gasteiger partial charge in [0.25, 0.3) is 10.0 Å². The number of fused-ring (bicyclic) bond motifs is 1. The Balaban J connectivity index is 1.33. The van der Waals surface area contributed by atoms with Crippen LogP contribution in [-0.2, 0) is 22.3 Å². The van der Waals surface area contributed by atoms with Gasteiger partial charge in [-0.15, -0.1) is 10.2 Å². The minimum Gasteiger partial charge on any atom is -0.294 e. The molecule has 0 saturated heterocycles. The van der Waals surface area contributed by atoms with Crippen LogP contribution in [0.4, 0.5) is 5.13 Å². The number of thiazole rings is 1. The third-order valence-electron chi connectivity index (χ3n) is 4.97. The predicted octanol–water partition coefficient (Wildman–Crippen LogP) is 5.06. The van der Waals surface area contributed by atoms with E-state index in [0.29, 0.717) is 21.1 Å². The van der Waals surface area contributed by atoms with E-state index in [1.165, 1.54) is 35.2 Å². The minimum absolute atomic E-state index is 0.0711. The highest BCUT2D eigenvalue weighted by atomic mass is 32.2. The van der Waals surface area contributed by atoms with E-state index in [1.54, 1.807) is 10.6 Å². The van der Waals surface area contributed by atoms with Crippen LogP contribution in [0.3, 0.4) is 0 Å². The summed E-state index contributed by atoms with van der Waals surface area (Å²) in [5, 5.41) is 8.25. The molecule has 0 amide bonds. The van der Waals surface area contributed by atoms with Crippen LogP contribution in [0.2, 0.25) is 0 Å². The van der Waals surface area contributed by atoms with E-state index in [1.807, 2.05) is 60.7 Å². The number of benzene rings is 3. The number of anilines is 1. The summed E-state index contributed by atoms with van der Waals surface area (Å²) in [5.41, 5.74) is 2.85. The molecule has 0 fully saturated rings. The van der Waals surface area contributed by atoms with Crippen molar-refractivity contribution >= 4 is 59.8 Å².